The van der Waals surface area contributed by atoms with Gasteiger partial charge in [0, 0.05) is 5.56 Å². The minimum absolute atomic E-state index is 0.0162. The van der Waals surface area contributed by atoms with Crippen LogP contribution in [-0.4, -0.2) is 25.5 Å². The summed E-state index contributed by atoms with van der Waals surface area (Å²) in [6, 6.07) is 24.5. The molecule has 0 aliphatic heterocycles. The van der Waals surface area contributed by atoms with E-state index in [0.29, 0.717) is 31.1 Å². The van der Waals surface area contributed by atoms with E-state index in [1.807, 2.05) is 54.6 Å². The molecule has 3 aromatic carbocycles. The van der Waals surface area contributed by atoms with Gasteiger partial charge in [0.25, 0.3) is 0 Å². The number of benzene rings is 3. The molecule has 0 radical (unpaired) electrons. The minimum Gasteiger partial charge on any atom is -0.490 e. The fourth-order valence-electron chi connectivity index (χ4n) is 2.57. The highest BCUT2D eigenvalue weighted by Gasteiger charge is 2.04. The Kier molecular flexibility index (Phi) is 7.04. The van der Waals surface area contributed by atoms with Gasteiger partial charge in [-0.05, 0) is 42.0 Å². The van der Waals surface area contributed by atoms with E-state index in [2.05, 4.69) is 0 Å². The Hall–Kier alpha value is -3.31. The highest BCUT2D eigenvalue weighted by atomic mass is 16.5. The highest BCUT2D eigenvalue weighted by molar-refractivity contribution is 5.97. The summed E-state index contributed by atoms with van der Waals surface area (Å²) in [6.45, 7) is 1.27. The summed E-state index contributed by atoms with van der Waals surface area (Å²) in [7, 11) is 0. The van der Waals surface area contributed by atoms with Crippen LogP contribution in [0, 0.1) is 0 Å². The van der Waals surface area contributed by atoms with E-state index in [1.54, 1.807) is 24.3 Å². The molecule has 144 valence electrons. The lowest BCUT2D eigenvalue weighted by molar-refractivity contribution is 0.100. The normalized spacial score (nSPS) is 10.3. The van der Waals surface area contributed by atoms with Crippen LogP contribution in [0.4, 0.5) is 0 Å². The predicted molar refractivity (Wildman–Crippen MR) is 108 cm³/mol. The molecule has 0 atom stereocenters. The number of ether oxygens (including phenoxy) is 3. The van der Waals surface area contributed by atoms with Crippen LogP contribution in [0.1, 0.15) is 15.9 Å². The Labute approximate surface area is 164 Å². The van der Waals surface area contributed by atoms with Crippen molar-refractivity contribution in [2.24, 2.45) is 5.73 Å². The van der Waals surface area contributed by atoms with E-state index >= 15 is 0 Å². The average Bonchev–Trinajstić information content (AvgIpc) is 2.76. The van der Waals surface area contributed by atoms with Crippen molar-refractivity contribution in [3.8, 4) is 17.2 Å². The number of carbonyl (C=O) groups is 1. The van der Waals surface area contributed by atoms with Crippen molar-refractivity contribution in [2.45, 2.75) is 6.61 Å². The van der Waals surface area contributed by atoms with Crippen LogP contribution in [0.5, 0.6) is 17.2 Å². The molecule has 2 N–H and O–H groups in total. The third-order valence-electron chi connectivity index (χ3n) is 4.03. The molecule has 28 heavy (non-hydrogen) atoms. The van der Waals surface area contributed by atoms with Crippen molar-refractivity contribution in [2.75, 3.05) is 19.8 Å². The fourth-order valence-corrected chi connectivity index (χ4v) is 2.57. The maximum absolute atomic E-state index is 11.6. The first-order valence-electron chi connectivity index (χ1n) is 9.10. The maximum Gasteiger partial charge on any atom is 0.176 e. The topological polar surface area (TPSA) is 70.8 Å². The number of carbonyl (C=O) groups excluding carboxylic acids is 1. The fraction of sp³-hybridized carbons (Fsp3) is 0.174. The first-order chi connectivity index (χ1) is 13.7. The van der Waals surface area contributed by atoms with Crippen molar-refractivity contribution in [1.82, 2.24) is 0 Å². The highest BCUT2D eigenvalue weighted by Crippen LogP contribution is 2.19. The van der Waals surface area contributed by atoms with E-state index in [-0.39, 0.29) is 12.3 Å². The summed E-state index contributed by atoms with van der Waals surface area (Å²) in [6.07, 6.45) is 0. The molecule has 0 heterocycles. The number of ketones is 1. The standard InChI is InChI=1S/C23H23NO4/c24-16-23(25)19-7-4-8-22(15-19)27-14-13-26-20-9-11-21(12-10-20)28-17-18-5-2-1-3-6-18/h1-12,15H,13-14,16-17,24H2. The molecule has 0 fully saturated rings. The Morgan fingerprint density at radius 3 is 2.04 bits per heavy atom. The summed E-state index contributed by atoms with van der Waals surface area (Å²) >= 11 is 0. The Morgan fingerprint density at radius 2 is 1.36 bits per heavy atom. The molecule has 0 bridgehead atoms. The molecular formula is C23H23NO4. The lowest BCUT2D eigenvalue weighted by atomic mass is 10.1. The van der Waals surface area contributed by atoms with E-state index in [0.717, 1.165) is 17.1 Å². The van der Waals surface area contributed by atoms with E-state index in [1.165, 1.54) is 0 Å². The number of hydrogen-bond donors (Lipinski definition) is 1. The first-order valence-corrected chi connectivity index (χ1v) is 9.10. The molecule has 5 heteroatoms. The monoisotopic (exact) mass is 377 g/mol. The molecule has 0 aromatic heterocycles. The van der Waals surface area contributed by atoms with Crippen LogP contribution in [0.25, 0.3) is 0 Å². The zero-order valence-electron chi connectivity index (χ0n) is 15.5. The number of nitrogens with two attached hydrogens (primary N) is 1. The lowest BCUT2D eigenvalue weighted by Crippen LogP contribution is -2.14. The summed E-state index contributed by atoms with van der Waals surface area (Å²) in [5.74, 6) is 2.03. The van der Waals surface area contributed by atoms with Crippen LogP contribution in [0.2, 0.25) is 0 Å². The molecule has 0 saturated carbocycles. The molecule has 0 spiro atoms. The zero-order chi connectivity index (χ0) is 19.6. The molecule has 3 aromatic rings. The van der Waals surface area contributed by atoms with E-state index in [4.69, 9.17) is 19.9 Å². The molecule has 5 nitrogen and oxygen atoms in total. The summed E-state index contributed by atoms with van der Waals surface area (Å²) in [4.78, 5) is 11.6. The van der Waals surface area contributed by atoms with Crippen LogP contribution in [-0.2, 0) is 6.61 Å². The van der Waals surface area contributed by atoms with Gasteiger partial charge in [-0.2, -0.15) is 0 Å². The van der Waals surface area contributed by atoms with Crippen molar-refractivity contribution in [1.29, 1.82) is 0 Å². The third kappa shape index (κ3) is 5.86. The number of Topliss-reactive ketones (excluding diaryl/α,β-unsaturated/α-hetero) is 1. The van der Waals surface area contributed by atoms with Gasteiger partial charge >= 0.3 is 0 Å². The van der Waals surface area contributed by atoms with Crippen molar-refractivity contribution >= 4 is 5.78 Å². The Balaban J connectivity index is 1.41. The molecule has 0 aliphatic rings. The van der Waals surface area contributed by atoms with E-state index in [9.17, 15) is 4.79 Å². The number of rotatable bonds is 10. The molecule has 0 aliphatic carbocycles. The van der Waals surface area contributed by atoms with Crippen molar-refractivity contribution in [3.63, 3.8) is 0 Å². The maximum atomic E-state index is 11.6. The SMILES string of the molecule is NCC(=O)c1cccc(OCCOc2ccc(OCc3ccccc3)cc2)c1. The van der Waals surface area contributed by atoms with Gasteiger partial charge in [-0.1, -0.05) is 42.5 Å². The zero-order valence-corrected chi connectivity index (χ0v) is 15.5. The number of hydrogen-bond acceptors (Lipinski definition) is 5. The summed E-state index contributed by atoms with van der Waals surface area (Å²) < 4.78 is 17.1. The lowest BCUT2D eigenvalue weighted by Gasteiger charge is -2.10. The van der Waals surface area contributed by atoms with Gasteiger partial charge in [-0.25, -0.2) is 0 Å². The van der Waals surface area contributed by atoms with Crippen LogP contribution < -0.4 is 19.9 Å². The molecule has 0 unspecified atom stereocenters. The van der Waals surface area contributed by atoms with E-state index < -0.39 is 0 Å². The minimum atomic E-state index is -0.115. The second kappa shape index (κ2) is 10.1. The first kappa shape index (κ1) is 19.5. The second-order valence-corrected chi connectivity index (χ2v) is 6.10. The molecule has 3 rings (SSSR count). The molecule has 0 saturated heterocycles. The summed E-state index contributed by atoms with van der Waals surface area (Å²) in [5.41, 5.74) is 7.05. The van der Waals surface area contributed by atoms with Gasteiger partial charge in [-0.15, -0.1) is 0 Å². The van der Waals surface area contributed by atoms with Gasteiger partial charge in [0.05, 0.1) is 6.54 Å². The summed E-state index contributed by atoms with van der Waals surface area (Å²) in [5, 5.41) is 0. The Morgan fingerprint density at radius 1 is 0.714 bits per heavy atom. The van der Waals surface area contributed by atoms with Crippen molar-refractivity contribution in [3.05, 3.63) is 90.0 Å². The van der Waals surface area contributed by atoms with Crippen LogP contribution >= 0.6 is 0 Å². The van der Waals surface area contributed by atoms with Gasteiger partial charge < -0.3 is 19.9 Å². The third-order valence-corrected chi connectivity index (χ3v) is 4.03. The smallest absolute Gasteiger partial charge is 0.176 e. The molecule has 0 amide bonds. The predicted octanol–water partition coefficient (Wildman–Crippen LogP) is 3.86. The van der Waals surface area contributed by atoms with Gasteiger partial charge in [0.1, 0.15) is 37.1 Å². The quantitative estimate of drug-likeness (QED) is 0.429. The van der Waals surface area contributed by atoms with Crippen LogP contribution in [0.15, 0.2) is 78.9 Å². The van der Waals surface area contributed by atoms with Gasteiger partial charge in [0.2, 0.25) is 0 Å². The molecular weight excluding hydrogens is 354 g/mol. The second-order valence-electron chi connectivity index (χ2n) is 6.10. The van der Waals surface area contributed by atoms with Gasteiger partial charge in [-0.3, -0.25) is 4.79 Å². The average molecular weight is 377 g/mol. The Bertz CT molecular complexity index is 879. The van der Waals surface area contributed by atoms with Gasteiger partial charge in [0.15, 0.2) is 5.78 Å². The van der Waals surface area contributed by atoms with Crippen LogP contribution in [0.3, 0.4) is 0 Å². The largest absolute Gasteiger partial charge is 0.490 e. The van der Waals surface area contributed by atoms with Crippen molar-refractivity contribution < 1.29 is 19.0 Å².